The second-order valence-corrected chi connectivity index (χ2v) is 9.33. The van der Waals surface area contributed by atoms with Crippen molar-refractivity contribution in [1.29, 1.82) is 0 Å². The second-order valence-electron chi connectivity index (χ2n) is 8.93. The van der Waals surface area contributed by atoms with Gasteiger partial charge in [-0.2, -0.15) is 5.10 Å². The van der Waals surface area contributed by atoms with E-state index in [0.29, 0.717) is 30.5 Å². The summed E-state index contributed by atoms with van der Waals surface area (Å²) in [4.78, 5) is 26.6. The summed E-state index contributed by atoms with van der Waals surface area (Å²) in [6, 6.07) is 7.65. The van der Waals surface area contributed by atoms with E-state index in [1.807, 2.05) is 35.4 Å². The molecule has 170 valence electrons. The number of carbonyl (C=O) groups excluding carboxylic acids is 1. The number of para-hydroxylation sites is 1. The molecule has 1 amide bonds. The fraction of sp³-hybridized carbons (Fsp3) is 0.500. The van der Waals surface area contributed by atoms with E-state index < -0.39 is 0 Å². The normalized spacial score (nSPS) is 15.6. The molecule has 1 aromatic carbocycles. The molecule has 0 aliphatic carbocycles. The Morgan fingerprint density at radius 3 is 2.47 bits per heavy atom. The maximum Gasteiger partial charge on any atom is 0.222 e. The highest BCUT2D eigenvalue weighted by atomic mass is 35.5. The van der Waals surface area contributed by atoms with Crippen LogP contribution in [0.3, 0.4) is 0 Å². The standard InChI is InChI=1S/C24H31ClN6O/c1-5-17(4)22-27-23(30-12-10-29(11-13-30)21(32)14-16(2)3)18-15-26-31(24(18)28-22)20-9-7-6-8-19(20)25/h6-9,15-17H,5,10-14H2,1-4H3. The number of nitrogens with zero attached hydrogens (tertiary/aromatic N) is 6. The predicted octanol–water partition coefficient (Wildman–Crippen LogP) is 4.68. The van der Waals surface area contributed by atoms with Crippen LogP contribution < -0.4 is 4.90 Å². The Labute approximate surface area is 194 Å². The molecule has 1 saturated heterocycles. The summed E-state index contributed by atoms with van der Waals surface area (Å²) < 4.78 is 1.80. The van der Waals surface area contributed by atoms with Gasteiger partial charge < -0.3 is 9.80 Å². The van der Waals surface area contributed by atoms with Crippen molar-refractivity contribution >= 4 is 34.4 Å². The van der Waals surface area contributed by atoms with Gasteiger partial charge in [-0.1, -0.05) is 51.4 Å². The van der Waals surface area contributed by atoms with E-state index in [2.05, 4.69) is 37.7 Å². The third kappa shape index (κ3) is 4.44. The summed E-state index contributed by atoms with van der Waals surface area (Å²) in [6.45, 7) is 11.3. The topological polar surface area (TPSA) is 67.2 Å². The number of halogens is 1. The Bertz CT molecular complexity index is 1100. The largest absolute Gasteiger partial charge is 0.352 e. The average molecular weight is 455 g/mol. The predicted molar refractivity (Wildman–Crippen MR) is 129 cm³/mol. The molecule has 32 heavy (non-hydrogen) atoms. The van der Waals surface area contributed by atoms with Gasteiger partial charge in [0.15, 0.2) is 5.65 Å². The highest BCUT2D eigenvalue weighted by Gasteiger charge is 2.26. The first-order valence-corrected chi connectivity index (χ1v) is 11.8. The van der Waals surface area contributed by atoms with Crippen LogP contribution in [0.1, 0.15) is 52.3 Å². The molecular weight excluding hydrogens is 424 g/mol. The lowest BCUT2D eigenvalue weighted by molar-refractivity contribution is -0.132. The zero-order chi connectivity index (χ0) is 22.8. The number of benzene rings is 1. The Morgan fingerprint density at radius 1 is 1.09 bits per heavy atom. The lowest BCUT2D eigenvalue weighted by Gasteiger charge is -2.36. The highest BCUT2D eigenvalue weighted by Crippen LogP contribution is 2.31. The summed E-state index contributed by atoms with van der Waals surface area (Å²) >= 11 is 6.46. The molecule has 1 atom stereocenters. The summed E-state index contributed by atoms with van der Waals surface area (Å²) in [5.41, 5.74) is 1.56. The smallest absolute Gasteiger partial charge is 0.222 e. The van der Waals surface area contributed by atoms with Crippen LogP contribution in [0.15, 0.2) is 30.5 Å². The van der Waals surface area contributed by atoms with E-state index in [1.54, 1.807) is 4.68 Å². The number of anilines is 1. The molecule has 8 heteroatoms. The van der Waals surface area contributed by atoms with Crippen molar-refractivity contribution in [3.05, 3.63) is 41.3 Å². The van der Waals surface area contributed by atoms with Crippen LogP contribution in [0.5, 0.6) is 0 Å². The maximum absolute atomic E-state index is 12.5. The van der Waals surface area contributed by atoms with Gasteiger partial charge in [-0.15, -0.1) is 0 Å². The second kappa shape index (κ2) is 9.45. The van der Waals surface area contributed by atoms with Crippen LogP contribution in [-0.2, 0) is 4.79 Å². The first-order chi connectivity index (χ1) is 15.4. The Morgan fingerprint density at radius 2 is 1.81 bits per heavy atom. The molecule has 3 heterocycles. The maximum atomic E-state index is 12.5. The van der Waals surface area contributed by atoms with Gasteiger partial charge >= 0.3 is 0 Å². The zero-order valence-electron chi connectivity index (χ0n) is 19.3. The molecule has 0 radical (unpaired) electrons. The van der Waals surface area contributed by atoms with Crippen molar-refractivity contribution in [3.63, 3.8) is 0 Å². The minimum absolute atomic E-state index is 0.224. The lowest BCUT2D eigenvalue weighted by Crippen LogP contribution is -2.49. The van der Waals surface area contributed by atoms with Gasteiger partial charge in [0, 0.05) is 38.5 Å². The third-order valence-corrected chi connectivity index (χ3v) is 6.39. The van der Waals surface area contributed by atoms with Crippen LogP contribution in [0.25, 0.3) is 16.7 Å². The minimum Gasteiger partial charge on any atom is -0.352 e. The van der Waals surface area contributed by atoms with E-state index in [9.17, 15) is 4.79 Å². The van der Waals surface area contributed by atoms with Gasteiger partial charge in [0.25, 0.3) is 0 Å². The zero-order valence-corrected chi connectivity index (χ0v) is 20.0. The van der Waals surface area contributed by atoms with E-state index in [4.69, 9.17) is 21.6 Å². The van der Waals surface area contributed by atoms with E-state index in [-0.39, 0.29) is 11.8 Å². The number of piperazine rings is 1. The van der Waals surface area contributed by atoms with Crippen molar-refractivity contribution in [3.8, 4) is 5.69 Å². The van der Waals surface area contributed by atoms with Crippen molar-refractivity contribution in [2.45, 2.75) is 46.5 Å². The molecule has 3 aromatic rings. The number of hydrogen-bond acceptors (Lipinski definition) is 5. The molecule has 0 bridgehead atoms. The van der Waals surface area contributed by atoms with Gasteiger partial charge in [0.1, 0.15) is 11.6 Å². The van der Waals surface area contributed by atoms with Crippen molar-refractivity contribution in [2.24, 2.45) is 5.92 Å². The van der Waals surface area contributed by atoms with E-state index in [0.717, 1.165) is 47.9 Å². The van der Waals surface area contributed by atoms with Crippen LogP contribution >= 0.6 is 11.6 Å². The SMILES string of the molecule is CCC(C)c1nc(N2CCN(C(=O)CC(C)C)CC2)c2cnn(-c3ccccc3Cl)c2n1. The fourth-order valence-electron chi connectivity index (χ4n) is 4.00. The quantitative estimate of drug-likeness (QED) is 0.541. The monoisotopic (exact) mass is 454 g/mol. The van der Waals surface area contributed by atoms with Crippen LogP contribution in [-0.4, -0.2) is 56.7 Å². The number of hydrogen-bond donors (Lipinski definition) is 0. The van der Waals surface area contributed by atoms with Gasteiger partial charge in [-0.25, -0.2) is 14.6 Å². The van der Waals surface area contributed by atoms with Crippen LogP contribution in [0.2, 0.25) is 5.02 Å². The first kappa shape index (κ1) is 22.5. The van der Waals surface area contributed by atoms with Crippen molar-refractivity contribution < 1.29 is 4.79 Å². The number of amides is 1. The highest BCUT2D eigenvalue weighted by molar-refractivity contribution is 6.32. The number of fused-ring (bicyclic) bond motifs is 1. The van der Waals surface area contributed by atoms with E-state index in [1.165, 1.54) is 0 Å². The molecular formula is C24H31ClN6O. The summed E-state index contributed by atoms with van der Waals surface area (Å²) in [7, 11) is 0. The lowest BCUT2D eigenvalue weighted by atomic mass is 10.1. The van der Waals surface area contributed by atoms with Crippen LogP contribution in [0, 0.1) is 5.92 Å². The summed E-state index contributed by atoms with van der Waals surface area (Å²) in [5, 5.41) is 6.15. The Hall–Kier alpha value is -2.67. The third-order valence-electron chi connectivity index (χ3n) is 6.07. The molecule has 1 fully saturated rings. The molecule has 1 unspecified atom stereocenters. The molecule has 4 rings (SSSR count). The first-order valence-electron chi connectivity index (χ1n) is 11.4. The fourth-order valence-corrected chi connectivity index (χ4v) is 4.22. The molecule has 2 aromatic heterocycles. The Kier molecular flexibility index (Phi) is 6.65. The molecule has 1 aliphatic rings. The molecule has 0 saturated carbocycles. The summed E-state index contributed by atoms with van der Waals surface area (Å²) in [6.07, 6.45) is 3.37. The number of carbonyl (C=O) groups is 1. The number of aromatic nitrogens is 4. The van der Waals surface area contributed by atoms with Crippen molar-refractivity contribution in [2.75, 3.05) is 31.1 Å². The van der Waals surface area contributed by atoms with Gasteiger partial charge in [0.2, 0.25) is 5.91 Å². The Balaban J connectivity index is 1.70. The average Bonchev–Trinajstić information content (AvgIpc) is 3.21. The summed E-state index contributed by atoms with van der Waals surface area (Å²) in [5.74, 6) is 2.53. The van der Waals surface area contributed by atoms with E-state index >= 15 is 0 Å². The van der Waals surface area contributed by atoms with Crippen molar-refractivity contribution in [1.82, 2.24) is 24.6 Å². The minimum atomic E-state index is 0.224. The van der Waals surface area contributed by atoms with Gasteiger partial charge in [-0.3, -0.25) is 4.79 Å². The molecule has 0 spiro atoms. The van der Waals surface area contributed by atoms with Gasteiger partial charge in [0.05, 0.1) is 22.3 Å². The number of rotatable bonds is 6. The molecule has 1 aliphatic heterocycles. The molecule has 0 N–H and O–H groups in total. The van der Waals surface area contributed by atoms with Crippen LogP contribution in [0.4, 0.5) is 5.82 Å². The van der Waals surface area contributed by atoms with Gasteiger partial charge in [-0.05, 0) is 24.5 Å². The molecule has 7 nitrogen and oxygen atoms in total.